The first-order valence-corrected chi connectivity index (χ1v) is 5.45. The summed E-state index contributed by atoms with van der Waals surface area (Å²) in [7, 11) is 0. The van der Waals surface area contributed by atoms with Gasteiger partial charge in [0.05, 0.1) is 0 Å². The van der Waals surface area contributed by atoms with Crippen LogP contribution >= 0.6 is 0 Å². The van der Waals surface area contributed by atoms with Crippen molar-refractivity contribution in [3.63, 3.8) is 0 Å². The fourth-order valence-corrected chi connectivity index (χ4v) is 1.79. The summed E-state index contributed by atoms with van der Waals surface area (Å²) in [6, 6.07) is 1.91. The maximum atomic E-state index is 5.82. The van der Waals surface area contributed by atoms with Crippen LogP contribution < -0.4 is 11.1 Å². The van der Waals surface area contributed by atoms with Crippen LogP contribution in [0.3, 0.4) is 0 Å². The standard InChI is InChI=1S/C12H19N3/c1-8-6-14-11(4-10(8)13)15-7-9-5-12(9,2)3/h4,6,9H,5,7H2,1-3H3,(H3,13,14,15). The molecule has 1 saturated carbocycles. The van der Waals surface area contributed by atoms with E-state index in [9.17, 15) is 0 Å². The molecule has 15 heavy (non-hydrogen) atoms. The van der Waals surface area contributed by atoms with Crippen LogP contribution in [-0.4, -0.2) is 11.5 Å². The minimum absolute atomic E-state index is 0.517. The Morgan fingerprint density at radius 2 is 2.27 bits per heavy atom. The molecule has 1 aliphatic rings. The molecule has 3 nitrogen and oxygen atoms in total. The Bertz CT molecular complexity index is 371. The Hall–Kier alpha value is -1.25. The second-order valence-electron chi connectivity index (χ2n) is 5.20. The summed E-state index contributed by atoms with van der Waals surface area (Å²) < 4.78 is 0. The van der Waals surface area contributed by atoms with Gasteiger partial charge in [-0.1, -0.05) is 13.8 Å². The lowest BCUT2D eigenvalue weighted by Gasteiger charge is -2.08. The Kier molecular flexibility index (Phi) is 2.33. The first kappa shape index (κ1) is 10.3. The Morgan fingerprint density at radius 1 is 1.60 bits per heavy atom. The lowest BCUT2D eigenvalue weighted by molar-refractivity contribution is 0.573. The smallest absolute Gasteiger partial charge is 0.127 e. The van der Waals surface area contributed by atoms with E-state index >= 15 is 0 Å². The number of nitrogens with zero attached hydrogens (tertiary/aromatic N) is 1. The van der Waals surface area contributed by atoms with Crippen molar-refractivity contribution in [1.82, 2.24) is 4.98 Å². The molecule has 1 heterocycles. The molecular weight excluding hydrogens is 186 g/mol. The number of nitrogen functional groups attached to an aromatic ring is 1. The molecule has 0 aromatic carbocycles. The van der Waals surface area contributed by atoms with Gasteiger partial charge in [0.25, 0.3) is 0 Å². The zero-order valence-corrected chi connectivity index (χ0v) is 9.67. The van der Waals surface area contributed by atoms with Crippen LogP contribution in [0.2, 0.25) is 0 Å². The molecule has 1 atom stereocenters. The number of nitrogens with two attached hydrogens (primary N) is 1. The van der Waals surface area contributed by atoms with Crippen LogP contribution in [0.5, 0.6) is 0 Å². The second-order valence-corrected chi connectivity index (χ2v) is 5.20. The molecule has 1 aliphatic carbocycles. The predicted molar refractivity (Wildman–Crippen MR) is 63.8 cm³/mol. The van der Waals surface area contributed by atoms with Gasteiger partial charge >= 0.3 is 0 Å². The first-order chi connectivity index (χ1) is 6.99. The molecule has 0 spiro atoms. The van der Waals surface area contributed by atoms with Gasteiger partial charge in [-0.05, 0) is 30.2 Å². The van der Waals surface area contributed by atoms with E-state index < -0.39 is 0 Å². The summed E-state index contributed by atoms with van der Waals surface area (Å²) in [6.45, 7) is 7.57. The lowest BCUT2D eigenvalue weighted by atomic mass is 10.1. The monoisotopic (exact) mass is 205 g/mol. The zero-order valence-electron chi connectivity index (χ0n) is 9.67. The molecule has 2 rings (SSSR count). The van der Waals surface area contributed by atoms with Crippen molar-refractivity contribution >= 4 is 11.5 Å². The van der Waals surface area contributed by atoms with Crippen molar-refractivity contribution in [1.29, 1.82) is 0 Å². The number of hydrogen-bond acceptors (Lipinski definition) is 3. The molecule has 3 heteroatoms. The molecule has 1 fully saturated rings. The minimum Gasteiger partial charge on any atom is -0.398 e. The van der Waals surface area contributed by atoms with Gasteiger partial charge in [-0.25, -0.2) is 4.98 Å². The molecule has 1 aromatic heterocycles. The number of nitrogens with one attached hydrogen (secondary N) is 1. The summed E-state index contributed by atoms with van der Waals surface area (Å²) >= 11 is 0. The third kappa shape index (κ3) is 2.22. The SMILES string of the molecule is Cc1cnc(NCC2CC2(C)C)cc1N. The van der Waals surface area contributed by atoms with Crippen molar-refractivity contribution in [2.24, 2.45) is 11.3 Å². The highest BCUT2D eigenvalue weighted by molar-refractivity contribution is 5.53. The molecule has 0 aliphatic heterocycles. The minimum atomic E-state index is 0.517. The normalized spacial score (nSPS) is 22.5. The molecule has 1 aromatic rings. The maximum absolute atomic E-state index is 5.82. The fourth-order valence-electron chi connectivity index (χ4n) is 1.79. The highest BCUT2D eigenvalue weighted by Crippen LogP contribution is 2.51. The second kappa shape index (κ2) is 3.40. The van der Waals surface area contributed by atoms with E-state index in [2.05, 4.69) is 24.1 Å². The van der Waals surface area contributed by atoms with Gasteiger partial charge in [0.15, 0.2) is 0 Å². The van der Waals surface area contributed by atoms with Crippen molar-refractivity contribution in [3.8, 4) is 0 Å². The zero-order chi connectivity index (χ0) is 11.1. The summed E-state index contributed by atoms with van der Waals surface area (Å²) in [5.41, 5.74) is 8.18. The summed E-state index contributed by atoms with van der Waals surface area (Å²) in [4.78, 5) is 4.30. The average Bonchev–Trinajstić information content (AvgIpc) is 2.77. The van der Waals surface area contributed by atoms with Crippen molar-refractivity contribution in [2.75, 3.05) is 17.6 Å². The largest absolute Gasteiger partial charge is 0.398 e. The number of aromatic nitrogens is 1. The van der Waals surface area contributed by atoms with Gasteiger partial charge in [-0.2, -0.15) is 0 Å². The van der Waals surface area contributed by atoms with Gasteiger partial charge in [-0.15, -0.1) is 0 Å². The molecule has 82 valence electrons. The van der Waals surface area contributed by atoms with Crippen molar-refractivity contribution < 1.29 is 0 Å². The van der Waals surface area contributed by atoms with Gasteiger partial charge < -0.3 is 11.1 Å². The molecule has 0 saturated heterocycles. The summed E-state index contributed by atoms with van der Waals surface area (Å²) in [5.74, 6) is 1.67. The summed E-state index contributed by atoms with van der Waals surface area (Å²) in [5, 5.41) is 3.34. The van der Waals surface area contributed by atoms with Gasteiger partial charge in [0.1, 0.15) is 5.82 Å². The van der Waals surface area contributed by atoms with Crippen LogP contribution in [-0.2, 0) is 0 Å². The first-order valence-electron chi connectivity index (χ1n) is 5.45. The predicted octanol–water partition coefficient (Wildman–Crippen LogP) is 2.43. The molecule has 3 N–H and O–H groups in total. The highest BCUT2D eigenvalue weighted by Gasteiger charge is 2.44. The molecule has 0 radical (unpaired) electrons. The maximum Gasteiger partial charge on any atom is 0.127 e. The van der Waals surface area contributed by atoms with Crippen molar-refractivity contribution in [3.05, 3.63) is 17.8 Å². The third-order valence-electron chi connectivity index (χ3n) is 3.39. The fraction of sp³-hybridized carbons (Fsp3) is 0.583. The van der Waals surface area contributed by atoms with Crippen LogP contribution in [0, 0.1) is 18.3 Å². The Balaban J connectivity index is 1.92. The Labute approximate surface area is 91.1 Å². The van der Waals surface area contributed by atoms with E-state index in [4.69, 9.17) is 5.73 Å². The number of pyridine rings is 1. The van der Waals surface area contributed by atoms with Crippen LogP contribution in [0.25, 0.3) is 0 Å². The number of hydrogen-bond donors (Lipinski definition) is 2. The van der Waals surface area contributed by atoms with E-state index in [1.165, 1.54) is 6.42 Å². The molecule has 0 bridgehead atoms. The van der Waals surface area contributed by atoms with E-state index in [1.807, 2.05) is 19.2 Å². The van der Waals surface area contributed by atoms with Crippen LogP contribution in [0.15, 0.2) is 12.3 Å². The number of aryl methyl sites for hydroxylation is 1. The van der Waals surface area contributed by atoms with Crippen LogP contribution in [0.1, 0.15) is 25.8 Å². The van der Waals surface area contributed by atoms with Gasteiger partial charge in [0.2, 0.25) is 0 Å². The van der Waals surface area contributed by atoms with Crippen LogP contribution in [0.4, 0.5) is 11.5 Å². The Morgan fingerprint density at radius 3 is 2.80 bits per heavy atom. The quantitative estimate of drug-likeness (QED) is 0.796. The number of anilines is 2. The van der Waals surface area contributed by atoms with Crippen molar-refractivity contribution in [2.45, 2.75) is 27.2 Å². The van der Waals surface area contributed by atoms with Gasteiger partial charge in [-0.3, -0.25) is 0 Å². The van der Waals surface area contributed by atoms with E-state index in [0.29, 0.717) is 5.41 Å². The molecular formula is C12H19N3. The molecule has 0 amide bonds. The van der Waals surface area contributed by atoms with E-state index in [-0.39, 0.29) is 0 Å². The third-order valence-corrected chi connectivity index (χ3v) is 3.39. The lowest BCUT2D eigenvalue weighted by Crippen LogP contribution is -2.08. The summed E-state index contributed by atoms with van der Waals surface area (Å²) in [6.07, 6.45) is 3.12. The average molecular weight is 205 g/mol. The van der Waals surface area contributed by atoms with Gasteiger partial charge in [0, 0.05) is 24.5 Å². The topological polar surface area (TPSA) is 50.9 Å². The van der Waals surface area contributed by atoms with E-state index in [1.54, 1.807) is 0 Å². The highest BCUT2D eigenvalue weighted by atomic mass is 15.0. The van der Waals surface area contributed by atoms with E-state index in [0.717, 1.165) is 29.5 Å². The molecule has 1 unspecified atom stereocenters. The number of rotatable bonds is 3.